The van der Waals surface area contributed by atoms with Gasteiger partial charge in [-0.3, -0.25) is 4.99 Å². The lowest BCUT2D eigenvalue weighted by atomic mass is 10.2. The van der Waals surface area contributed by atoms with Crippen molar-refractivity contribution in [2.24, 2.45) is 10.9 Å². The van der Waals surface area contributed by atoms with Crippen molar-refractivity contribution >= 4 is 29.9 Å². The Bertz CT molecular complexity index is 215. The minimum absolute atomic E-state index is 0. The van der Waals surface area contributed by atoms with Gasteiger partial charge in [0.1, 0.15) is 0 Å². The second-order valence-electron chi connectivity index (χ2n) is 4.44. The van der Waals surface area contributed by atoms with Crippen LogP contribution in [0.5, 0.6) is 0 Å². The van der Waals surface area contributed by atoms with Crippen LogP contribution in [0.1, 0.15) is 33.6 Å². The molecule has 0 fully saturated rings. The summed E-state index contributed by atoms with van der Waals surface area (Å²) in [5.41, 5.74) is 0. The number of hydrogen-bond donors (Lipinski definition) is 1. The van der Waals surface area contributed by atoms with E-state index in [1.807, 2.05) is 6.08 Å². The Labute approximate surface area is 124 Å². The maximum absolute atomic E-state index is 4.60. The molecule has 0 saturated carbocycles. The Morgan fingerprint density at radius 1 is 1.47 bits per heavy atom. The summed E-state index contributed by atoms with van der Waals surface area (Å²) < 4.78 is 0. The van der Waals surface area contributed by atoms with E-state index in [9.17, 15) is 0 Å². The Morgan fingerprint density at radius 2 is 2.12 bits per heavy atom. The molecule has 1 N–H and O–H groups in total. The zero-order valence-corrected chi connectivity index (χ0v) is 14.0. The topological polar surface area (TPSA) is 27.6 Å². The third-order valence-corrected chi connectivity index (χ3v) is 2.20. The van der Waals surface area contributed by atoms with E-state index in [0.29, 0.717) is 5.92 Å². The van der Waals surface area contributed by atoms with E-state index < -0.39 is 0 Å². The van der Waals surface area contributed by atoms with Crippen LogP contribution in [-0.2, 0) is 0 Å². The van der Waals surface area contributed by atoms with Crippen LogP contribution in [0.25, 0.3) is 0 Å². The first kappa shape index (κ1) is 19.1. The fourth-order valence-electron chi connectivity index (χ4n) is 1.32. The molecule has 4 heteroatoms. The predicted molar refractivity (Wildman–Crippen MR) is 88.3 cm³/mol. The molecule has 17 heavy (non-hydrogen) atoms. The van der Waals surface area contributed by atoms with E-state index in [1.165, 1.54) is 0 Å². The molecule has 0 radical (unpaired) electrons. The summed E-state index contributed by atoms with van der Waals surface area (Å²) in [6.45, 7) is 13.0. The second-order valence-corrected chi connectivity index (χ2v) is 4.44. The molecule has 102 valence electrons. The first-order valence-corrected chi connectivity index (χ1v) is 6.22. The quantitative estimate of drug-likeness (QED) is 0.250. The predicted octanol–water partition coefficient (Wildman–Crippen LogP) is 3.12. The average Bonchev–Trinajstić information content (AvgIpc) is 2.24. The number of allylic oxidation sites excluding steroid dienone is 1. The molecule has 0 unspecified atom stereocenters. The van der Waals surface area contributed by atoms with Gasteiger partial charge < -0.3 is 10.2 Å². The third kappa shape index (κ3) is 10.6. The van der Waals surface area contributed by atoms with Gasteiger partial charge in [0.15, 0.2) is 5.96 Å². The number of unbranched alkanes of at least 4 members (excludes halogenated alkanes) is 1. The molecule has 0 saturated heterocycles. The van der Waals surface area contributed by atoms with Gasteiger partial charge in [-0.25, -0.2) is 0 Å². The zero-order chi connectivity index (χ0) is 12.4. The van der Waals surface area contributed by atoms with Crippen LogP contribution in [0.4, 0.5) is 0 Å². The molecule has 0 aliphatic carbocycles. The fraction of sp³-hybridized carbons (Fsp3) is 0.769. The number of hydrogen-bond acceptors (Lipinski definition) is 1. The van der Waals surface area contributed by atoms with Crippen LogP contribution < -0.4 is 5.32 Å². The smallest absolute Gasteiger partial charge is 0.193 e. The Balaban J connectivity index is 0. The van der Waals surface area contributed by atoms with E-state index in [-0.39, 0.29) is 24.0 Å². The maximum atomic E-state index is 4.60. The number of aliphatic imine (C=N–C) groups is 1. The van der Waals surface area contributed by atoms with Gasteiger partial charge in [-0.15, -0.1) is 30.6 Å². The molecule has 0 bridgehead atoms. The number of halogens is 1. The lowest BCUT2D eigenvalue weighted by Crippen LogP contribution is -2.39. The van der Waals surface area contributed by atoms with E-state index in [2.05, 4.69) is 49.6 Å². The largest absolute Gasteiger partial charge is 0.357 e. The molecule has 0 rings (SSSR count). The highest BCUT2D eigenvalue weighted by Crippen LogP contribution is 1.97. The summed E-state index contributed by atoms with van der Waals surface area (Å²) in [4.78, 5) is 6.79. The molecule has 0 atom stereocenters. The maximum Gasteiger partial charge on any atom is 0.193 e. The number of guanidine groups is 1. The van der Waals surface area contributed by atoms with Crippen LogP contribution in [0, 0.1) is 5.92 Å². The van der Waals surface area contributed by atoms with Crippen molar-refractivity contribution in [1.82, 2.24) is 10.2 Å². The van der Waals surface area contributed by atoms with Gasteiger partial charge in [-0.05, 0) is 25.7 Å². The molecule has 3 nitrogen and oxygen atoms in total. The van der Waals surface area contributed by atoms with Gasteiger partial charge in [0.05, 0.1) is 0 Å². The van der Waals surface area contributed by atoms with Crippen molar-refractivity contribution in [3.63, 3.8) is 0 Å². The van der Waals surface area contributed by atoms with Crippen LogP contribution in [0.2, 0.25) is 0 Å². The highest BCUT2D eigenvalue weighted by atomic mass is 127. The van der Waals surface area contributed by atoms with Gasteiger partial charge in [-0.2, -0.15) is 0 Å². The van der Waals surface area contributed by atoms with Crippen LogP contribution in [-0.4, -0.2) is 37.5 Å². The number of nitrogens with one attached hydrogen (secondary N) is 1. The first-order chi connectivity index (χ1) is 7.61. The minimum atomic E-state index is 0. The molecule has 0 aromatic carbocycles. The van der Waals surface area contributed by atoms with Crippen LogP contribution in [0.3, 0.4) is 0 Å². The summed E-state index contributed by atoms with van der Waals surface area (Å²) >= 11 is 0. The number of rotatable bonds is 7. The Morgan fingerprint density at radius 3 is 2.59 bits per heavy atom. The zero-order valence-electron chi connectivity index (χ0n) is 11.7. The normalized spacial score (nSPS) is 11.0. The van der Waals surface area contributed by atoms with Crippen molar-refractivity contribution < 1.29 is 0 Å². The standard InChI is InChI=1S/C13H27N3.HI/c1-6-8-9-10-16(5)13(14-7-2)15-11-12(3)4;/h6,12H,1,7-11H2,2-5H3,(H,14,15);1H. The molecular formula is C13H28IN3. The first-order valence-electron chi connectivity index (χ1n) is 6.22. The fourth-order valence-corrected chi connectivity index (χ4v) is 1.32. The van der Waals surface area contributed by atoms with Crippen molar-refractivity contribution in [2.75, 3.05) is 26.7 Å². The summed E-state index contributed by atoms with van der Waals surface area (Å²) in [6.07, 6.45) is 4.16. The van der Waals surface area contributed by atoms with Gasteiger partial charge in [0.25, 0.3) is 0 Å². The van der Waals surface area contributed by atoms with Crippen molar-refractivity contribution in [3.05, 3.63) is 12.7 Å². The highest BCUT2D eigenvalue weighted by Gasteiger charge is 2.04. The second kappa shape index (κ2) is 12.2. The monoisotopic (exact) mass is 353 g/mol. The van der Waals surface area contributed by atoms with E-state index in [4.69, 9.17) is 0 Å². The third-order valence-electron chi connectivity index (χ3n) is 2.20. The lowest BCUT2D eigenvalue weighted by molar-refractivity contribution is 0.467. The molecule has 0 aliphatic rings. The SMILES string of the molecule is C=CCCCN(C)C(=NCC(C)C)NCC.I. The number of nitrogens with zero attached hydrogens (tertiary/aromatic N) is 2. The lowest BCUT2D eigenvalue weighted by Gasteiger charge is -2.22. The van der Waals surface area contributed by atoms with E-state index in [1.54, 1.807) is 0 Å². The summed E-state index contributed by atoms with van der Waals surface area (Å²) in [5, 5.41) is 3.31. The summed E-state index contributed by atoms with van der Waals surface area (Å²) in [5.74, 6) is 1.62. The van der Waals surface area contributed by atoms with Crippen molar-refractivity contribution in [2.45, 2.75) is 33.6 Å². The molecule has 0 aromatic heterocycles. The molecule has 0 aromatic rings. The molecule has 0 aliphatic heterocycles. The van der Waals surface area contributed by atoms with Gasteiger partial charge in [0.2, 0.25) is 0 Å². The summed E-state index contributed by atoms with van der Waals surface area (Å²) in [6, 6.07) is 0. The summed E-state index contributed by atoms with van der Waals surface area (Å²) in [7, 11) is 2.09. The Kier molecular flexibility index (Phi) is 13.7. The van der Waals surface area contributed by atoms with Gasteiger partial charge >= 0.3 is 0 Å². The minimum Gasteiger partial charge on any atom is -0.357 e. The molecule has 0 heterocycles. The molecule has 0 amide bonds. The van der Waals surface area contributed by atoms with E-state index >= 15 is 0 Å². The van der Waals surface area contributed by atoms with Gasteiger partial charge in [0, 0.05) is 26.7 Å². The Hall–Kier alpha value is -0.260. The molecular weight excluding hydrogens is 325 g/mol. The van der Waals surface area contributed by atoms with E-state index in [0.717, 1.165) is 38.4 Å². The van der Waals surface area contributed by atoms with Crippen LogP contribution >= 0.6 is 24.0 Å². The average molecular weight is 353 g/mol. The van der Waals surface area contributed by atoms with Crippen molar-refractivity contribution in [1.29, 1.82) is 0 Å². The van der Waals surface area contributed by atoms with Crippen molar-refractivity contribution in [3.8, 4) is 0 Å². The highest BCUT2D eigenvalue weighted by molar-refractivity contribution is 14.0. The molecule has 0 spiro atoms. The van der Waals surface area contributed by atoms with Gasteiger partial charge in [-0.1, -0.05) is 19.9 Å². The van der Waals surface area contributed by atoms with Crippen LogP contribution in [0.15, 0.2) is 17.6 Å².